The van der Waals surface area contributed by atoms with Crippen molar-refractivity contribution in [2.45, 2.75) is 50.4 Å². The summed E-state index contributed by atoms with van der Waals surface area (Å²) in [6, 6.07) is 6.34. The van der Waals surface area contributed by atoms with Gasteiger partial charge in [-0.25, -0.2) is 0 Å². The molecule has 0 bridgehead atoms. The van der Waals surface area contributed by atoms with Gasteiger partial charge in [0.05, 0.1) is 0 Å². The lowest BCUT2D eigenvalue weighted by molar-refractivity contribution is 0.0928. The molecule has 1 aromatic rings. The van der Waals surface area contributed by atoms with Gasteiger partial charge < -0.3 is 5.32 Å². The zero-order chi connectivity index (χ0) is 13.1. The number of carbonyl (C=O) groups excluding carboxylic acids is 1. The Morgan fingerprint density at radius 1 is 1.11 bits per heavy atom. The van der Waals surface area contributed by atoms with Crippen LogP contribution in [0.5, 0.6) is 0 Å². The van der Waals surface area contributed by atoms with Crippen LogP contribution >= 0.6 is 15.9 Å². The Morgan fingerprint density at radius 2 is 1.67 bits per heavy atom. The number of halogens is 1. The minimum absolute atomic E-state index is 0.0693. The highest BCUT2D eigenvalue weighted by Crippen LogP contribution is 2.24. The smallest absolute Gasteiger partial charge is 0.251 e. The van der Waals surface area contributed by atoms with Crippen molar-refractivity contribution in [3.63, 3.8) is 0 Å². The summed E-state index contributed by atoms with van der Waals surface area (Å²) in [7, 11) is 0. The standard InChI is InChI=1S/C15H20BrNO/c1-10-7-11(2)9-12(8-10)15(18)17-14-5-3-13(16)4-6-14/h7-9,13-14H,3-6H2,1-2H3,(H,17,18). The maximum absolute atomic E-state index is 12.2. The predicted molar refractivity (Wildman–Crippen MR) is 78.4 cm³/mol. The van der Waals surface area contributed by atoms with Gasteiger partial charge in [-0.2, -0.15) is 0 Å². The highest BCUT2D eigenvalue weighted by Gasteiger charge is 2.21. The summed E-state index contributed by atoms with van der Waals surface area (Å²) in [5, 5.41) is 3.15. The van der Waals surface area contributed by atoms with Gasteiger partial charge >= 0.3 is 0 Å². The lowest BCUT2D eigenvalue weighted by atomic mass is 9.95. The Kier molecular flexibility index (Phi) is 4.44. The van der Waals surface area contributed by atoms with E-state index >= 15 is 0 Å². The number of nitrogens with one attached hydrogen (secondary N) is 1. The maximum atomic E-state index is 12.2. The van der Waals surface area contributed by atoms with Gasteiger partial charge in [0.15, 0.2) is 0 Å². The summed E-state index contributed by atoms with van der Waals surface area (Å²) in [5.41, 5.74) is 3.07. The van der Waals surface area contributed by atoms with Crippen molar-refractivity contribution in [3.8, 4) is 0 Å². The van der Waals surface area contributed by atoms with Crippen molar-refractivity contribution in [2.24, 2.45) is 0 Å². The van der Waals surface area contributed by atoms with Crippen LogP contribution in [0.2, 0.25) is 0 Å². The third-order valence-electron chi connectivity index (χ3n) is 3.48. The number of carbonyl (C=O) groups is 1. The monoisotopic (exact) mass is 309 g/mol. The van der Waals surface area contributed by atoms with E-state index in [9.17, 15) is 4.79 Å². The molecular weight excluding hydrogens is 290 g/mol. The SMILES string of the molecule is Cc1cc(C)cc(C(=O)NC2CCC(Br)CC2)c1. The molecule has 1 aliphatic carbocycles. The first-order valence-electron chi connectivity index (χ1n) is 6.58. The van der Waals surface area contributed by atoms with Gasteiger partial charge in [0.1, 0.15) is 0 Å². The first kappa shape index (κ1) is 13.6. The van der Waals surface area contributed by atoms with Gasteiger partial charge in [-0.15, -0.1) is 0 Å². The zero-order valence-electron chi connectivity index (χ0n) is 11.0. The second-order valence-corrected chi connectivity index (χ2v) is 6.59. The fourth-order valence-corrected chi connectivity index (χ4v) is 3.10. The molecular formula is C15H20BrNO. The van der Waals surface area contributed by atoms with E-state index in [-0.39, 0.29) is 5.91 Å². The molecule has 1 N–H and O–H groups in total. The molecule has 18 heavy (non-hydrogen) atoms. The van der Waals surface area contributed by atoms with Crippen LogP contribution in [0.3, 0.4) is 0 Å². The molecule has 98 valence electrons. The van der Waals surface area contributed by atoms with Crippen LogP contribution in [0, 0.1) is 13.8 Å². The highest BCUT2D eigenvalue weighted by molar-refractivity contribution is 9.09. The average Bonchev–Trinajstić information content (AvgIpc) is 2.31. The predicted octanol–water partition coefficient (Wildman–Crippen LogP) is 3.74. The van der Waals surface area contributed by atoms with E-state index in [1.54, 1.807) is 0 Å². The van der Waals surface area contributed by atoms with E-state index in [0.29, 0.717) is 10.9 Å². The van der Waals surface area contributed by atoms with Crippen molar-refractivity contribution in [3.05, 3.63) is 34.9 Å². The fourth-order valence-electron chi connectivity index (χ4n) is 2.57. The van der Waals surface area contributed by atoms with Crippen LogP contribution in [0.25, 0.3) is 0 Å². The minimum Gasteiger partial charge on any atom is -0.349 e. The normalized spacial score (nSPS) is 23.7. The molecule has 1 fully saturated rings. The molecule has 1 aromatic carbocycles. The van der Waals surface area contributed by atoms with Gasteiger partial charge in [0.2, 0.25) is 0 Å². The molecule has 0 aliphatic heterocycles. The van der Waals surface area contributed by atoms with Crippen molar-refractivity contribution in [1.29, 1.82) is 0 Å². The number of hydrogen-bond acceptors (Lipinski definition) is 1. The Balaban J connectivity index is 1.99. The molecule has 0 radical (unpaired) electrons. The molecule has 1 aliphatic rings. The Labute approximate surface area is 117 Å². The van der Waals surface area contributed by atoms with E-state index in [1.807, 2.05) is 26.0 Å². The number of aryl methyl sites for hydroxylation is 2. The first-order valence-corrected chi connectivity index (χ1v) is 7.49. The Bertz CT molecular complexity index is 416. The van der Waals surface area contributed by atoms with E-state index in [2.05, 4.69) is 27.3 Å². The van der Waals surface area contributed by atoms with Crippen molar-refractivity contribution < 1.29 is 4.79 Å². The number of benzene rings is 1. The van der Waals surface area contributed by atoms with E-state index in [4.69, 9.17) is 0 Å². The van der Waals surface area contributed by atoms with Gasteiger partial charge in [0, 0.05) is 16.4 Å². The molecule has 1 saturated carbocycles. The minimum atomic E-state index is 0.0693. The van der Waals surface area contributed by atoms with Crippen molar-refractivity contribution >= 4 is 21.8 Å². The fraction of sp³-hybridized carbons (Fsp3) is 0.533. The summed E-state index contributed by atoms with van der Waals surface area (Å²) in [6.07, 6.45) is 4.45. The molecule has 0 atom stereocenters. The van der Waals surface area contributed by atoms with Crippen LogP contribution in [-0.2, 0) is 0 Å². The second kappa shape index (κ2) is 5.87. The highest BCUT2D eigenvalue weighted by atomic mass is 79.9. The van der Waals surface area contributed by atoms with Gasteiger partial charge in [0.25, 0.3) is 5.91 Å². The Morgan fingerprint density at radius 3 is 2.22 bits per heavy atom. The number of alkyl halides is 1. The number of hydrogen-bond donors (Lipinski definition) is 1. The molecule has 3 heteroatoms. The lowest BCUT2D eigenvalue weighted by Gasteiger charge is -2.26. The zero-order valence-corrected chi connectivity index (χ0v) is 12.6. The van der Waals surface area contributed by atoms with Crippen LogP contribution in [-0.4, -0.2) is 16.8 Å². The molecule has 0 heterocycles. The summed E-state index contributed by atoms with van der Waals surface area (Å²) in [6.45, 7) is 4.06. The summed E-state index contributed by atoms with van der Waals surface area (Å²) in [5.74, 6) is 0.0693. The third-order valence-corrected chi connectivity index (χ3v) is 4.39. The van der Waals surface area contributed by atoms with Crippen LogP contribution in [0.4, 0.5) is 0 Å². The largest absolute Gasteiger partial charge is 0.349 e. The van der Waals surface area contributed by atoms with Crippen LogP contribution in [0.15, 0.2) is 18.2 Å². The van der Waals surface area contributed by atoms with E-state index < -0.39 is 0 Å². The van der Waals surface area contributed by atoms with Gasteiger partial charge in [-0.3, -0.25) is 4.79 Å². The summed E-state index contributed by atoms with van der Waals surface area (Å²) in [4.78, 5) is 12.8. The maximum Gasteiger partial charge on any atom is 0.251 e. The Hall–Kier alpha value is -0.830. The summed E-state index contributed by atoms with van der Waals surface area (Å²) >= 11 is 3.63. The van der Waals surface area contributed by atoms with Crippen molar-refractivity contribution in [1.82, 2.24) is 5.32 Å². The molecule has 0 saturated heterocycles. The molecule has 1 amide bonds. The van der Waals surface area contributed by atoms with Crippen LogP contribution < -0.4 is 5.32 Å². The average molecular weight is 310 g/mol. The quantitative estimate of drug-likeness (QED) is 0.828. The first-order chi connectivity index (χ1) is 8.54. The van der Waals surface area contributed by atoms with Crippen molar-refractivity contribution in [2.75, 3.05) is 0 Å². The lowest BCUT2D eigenvalue weighted by Crippen LogP contribution is -2.37. The molecule has 0 spiro atoms. The third kappa shape index (κ3) is 3.58. The molecule has 0 aromatic heterocycles. The summed E-state index contributed by atoms with van der Waals surface area (Å²) < 4.78 is 0. The van der Waals surface area contributed by atoms with Gasteiger partial charge in [-0.05, 0) is 51.7 Å². The molecule has 2 nitrogen and oxygen atoms in total. The van der Waals surface area contributed by atoms with Crippen LogP contribution in [0.1, 0.15) is 47.2 Å². The molecule has 2 rings (SSSR count). The topological polar surface area (TPSA) is 29.1 Å². The van der Waals surface area contributed by atoms with E-state index in [0.717, 1.165) is 42.4 Å². The van der Waals surface area contributed by atoms with E-state index in [1.165, 1.54) is 0 Å². The second-order valence-electron chi connectivity index (χ2n) is 5.30. The number of rotatable bonds is 2. The number of amides is 1. The van der Waals surface area contributed by atoms with Gasteiger partial charge in [-0.1, -0.05) is 33.1 Å². The molecule has 0 unspecified atom stereocenters.